The molecule has 0 radical (unpaired) electrons. The maximum atomic E-state index is 13.6. The third kappa shape index (κ3) is 4.50. The van der Waals surface area contributed by atoms with Gasteiger partial charge in [-0.15, -0.1) is 0 Å². The lowest BCUT2D eigenvalue weighted by atomic mass is 10.0. The van der Waals surface area contributed by atoms with Gasteiger partial charge in [-0.2, -0.15) is 0 Å². The van der Waals surface area contributed by atoms with Gasteiger partial charge in [0.15, 0.2) is 0 Å². The molecule has 0 amide bonds. The van der Waals surface area contributed by atoms with Crippen molar-refractivity contribution in [3.63, 3.8) is 0 Å². The van der Waals surface area contributed by atoms with E-state index in [1.165, 1.54) is 0 Å². The third-order valence-corrected chi connectivity index (χ3v) is 6.00. The number of halogens is 1. The number of nitrogens with zero attached hydrogens (tertiary/aromatic N) is 4. The van der Waals surface area contributed by atoms with Gasteiger partial charge < -0.3 is 10.2 Å². The first kappa shape index (κ1) is 21.5. The minimum Gasteiger partial charge on any atom is -0.338 e. The zero-order valence-electron chi connectivity index (χ0n) is 18.2. The number of anilines is 1. The lowest BCUT2D eigenvalue weighted by Gasteiger charge is -2.29. The summed E-state index contributed by atoms with van der Waals surface area (Å²) in [6.45, 7) is 6.06. The lowest BCUT2D eigenvalue weighted by molar-refractivity contribution is 0.517. The highest BCUT2D eigenvalue weighted by Crippen LogP contribution is 2.32. The van der Waals surface area contributed by atoms with E-state index >= 15 is 0 Å². The van der Waals surface area contributed by atoms with Gasteiger partial charge in [-0.25, -0.2) is 4.98 Å². The van der Waals surface area contributed by atoms with E-state index in [1.807, 2.05) is 31.3 Å². The molecule has 6 nitrogen and oxygen atoms in total. The number of hydrogen-bond donors (Lipinski definition) is 1. The van der Waals surface area contributed by atoms with Crippen LogP contribution in [0.4, 0.5) is 5.95 Å². The van der Waals surface area contributed by atoms with Crippen LogP contribution in [0.15, 0.2) is 53.6 Å². The number of pyridine rings is 1. The molecule has 1 saturated heterocycles. The van der Waals surface area contributed by atoms with Crippen molar-refractivity contribution < 1.29 is 0 Å². The van der Waals surface area contributed by atoms with Crippen molar-refractivity contribution >= 4 is 17.5 Å². The van der Waals surface area contributed by atoms with Crippen LogP contribution < -0.4 is 15.8 Å². The molecule has 1 unspecified atom stereocenters. The molecule has 7 heteroatoms. The van der Waals surface area contributed by atoms with Gasteiger partial charge in [0.25, 0.3) is 5.56 Å². The second-order valence-corrected chi connectivity index (χ2v) is 8.73. The van der Waals surface area contributed by atoms with E-state index in [0.29, 0.717) is 34.3 Å². The largest absolute Gasteiger partial charge is 0.338 e. The van der Waals surface area contributed by atoms with Crippen molar-refractivity contribution in [2.75, 3.05) is 18.0 Å². The van der Waals surface area contributed by atoms with Crippen molar-refractivity contribution in [2.24, 2.45) is 7.05 Å². The van der Waals surface area contributed by atoms with E-state index in [4.69, 9.17) is 16.6 Å². The Bertz CT molecular complexity index is 1100. The van der Waals surface area contributed by atoms with Gasteiger partial charge in [0, 0.05) is 55.2 Å². The Morgan fingerprint density at radius 2 is 1.84 bits per heavy atom. The molecule has 31 heavy (non-hydrogen) atoms. The zero-order chi connectivity index (χ0) is 22.0. The van der Waals surface area contributed by atoms with Crippen LogP contribution in [-0.4, -0.2) is 39.7 Å². The first-order valence-corrected chi connectivity index (χ1v) is 11.1. The molecule has 1 aliphatic heterocycles. The van der Waals surface area contributed by atoms with Crippen LogP contribution in [0.5, 0.6) is 0 Å². The fourth-order valence-corrected chi connectivity index (χ4v) is 4.25. The quantitative estimate of drug-likeness (QED) is 0.628. The number of nitrogens with one attached hydrogen (secondary N) is 1. The summed E-state index contributed by atoms with van der Waals surface area (Å²) in [5.41, 5.74) is 2.85. The molecular formula is C24H28ClN5O. The molecule has 1 aliphatic rings. The van der Waals surface area contributed by atoms with Crippen LogP contribution in [0.1, 0.15) is 26.7 Å². The Balaban J connectivity index is 1.86. The Morgan fingerprint density at radius 1 is 1.13 bits per heavy atom. The van der Waals surface area contributed by atoms with Crippen molar-refractivity contribution in [1.82, 2.24) is 19.9 Å². The fourth-order valence-electron chi connectivity index (χ4n) is 4.13. The monoisotopic (exact) mass is 437 g/mol. The average molecular weight is 438 g/mol. The summed E-state index contributed by atoms with van der Waals surface area (Å²) in [5.74, 6) is 0.711. The van der Waals surface area contributed by atoms with E-state index in [1.54, 1.807) is 29.1 Å². The maximum absolute atomic E-state index is 13.6. The average Bonchev–Trinajstić information content (AvgIpc) is 3.24. The predicted molar refractivity (Wildman–Crippen MR) is 127 cm³/mol. The highest BCUT2D eigenvalue weighted by molar-refractivity contribution is 6.30. The molecule has 1 N–H and O–H groups in total. The maximum Gasteiger partial charge on any atom is 0.263 e. The zero-order valence-corrected chi connectivity index (χ0v) is 18.9. The van der Waals surface area contributed by atoms with Crippen LogP contribution in [0.25, 0.3) is 22.4 Å². The van der Waals surface area contributed by atoms with E-state index in [0.717, 1.165) is 37.1 Å². The standard InChI is InChI=1S/C24H28ClN5O/c1-16(2)27-15-20-5-4-14-30(20)24-28-22(18-10-12-26-13-11-18)21(23(31)29(24)3)17-6-8-19(25)9-7-17/h6-13,16,20,27H,4-5,14-15H2,1-3H3. The van der Waals surface area contributed by atoms with Crippen LogP contribution in [0, 0.1) is 0 Å². The molecule has 0 spiro atoms. The van der Waals surface area contributed by atoms with Gasteiger partial charge in [-0.3, -0.25) is 14.3 Å². The van der Waals surface area contributed by atoms with Crippen LogP contribution in [0.2, 0.25) is 5.02 Å². The summed E-state index contributed by atoms with van der Waals surface area (Å²) in [6.07, 6.45) is 5.62. The second kappa shape index (κ2) is 9.20. The normalized spacial score (nSPS) is 16.3. The Hall–Kier alpha value is -2.70. The summed E-state index contributed by atoms with van der Waals surface area (Å²) in [7, 11) is 1.81. The molecule has 0 bridgehead atoms. The smallest absolute Gasteiger partial charge is 0.263 e. The van der Waals surface area contributed by atoms with Gasteiger partial charge in [0.05, 0.1) is 11.3 Å². The van der Waals surface area contributed by atoms with Gasteiger partial charge in [-0.05, 0) is 42.7 Å². The van der Waals surface area contributed by atoms with E-state index < -0.39 is 0 Å². The molecule has 0 saturated carbocycles. The van der Waals surface area contributed by atoms with Gasteiger partial charge >= 0.3 is 0 Å². The highest BCUT2D eigenvalue weighted by Gasteiger charge is 2.29. The second-order valence-electron chi connectivity index (χ2n) is 8.29. The number of benzene rings is 1. The third-order valence-electron chi connectivity index (χ3n) is 5.75. The van der Waals surface area contributed by atoms with Crippen molar-refractivity contribution in [3.8, 4) is 22.4 Å². The first-order valence-electron chi connectivity index (χ1n) is 10.7. The molecule has 4 rings (SSSR count). The van der Waals surface area contributed by atoms with Gasteiger partial charge in [0.1, 0.15) is 0 Å². The van der Waals surface area contributed by atoms with Gasteiger partial charge in [-0.1, -0.05) is 37.6 Å². The van der Waals surface area contributed by atoms with Crippen LogP contribution >= 0.6 is 11.6 Å². The van der Waals surface area contributed by atoms with E-state index in [2.05, 4.69) is 29.0 Å². The van der Waals surface area contributed by atoms with Crippen molar-refractivity contribution in [2.45, 2.75) is 38.8 Å². The molecule has 0 aliphatic carbocycles. The molecule has 1 aromatic carbocycles. The van der Waals surface area contributed by atoms with Crippen LogP contribution in [0.3, 0.4) is 0 Å². The topological polar surface area (TPSA) is 63.0 Å². The minimum absolute atomic E-state index is 0.0680. The SMILES string of the molecule is CC(C)NCC1CCCN1c1nc(-c2ccncc2)c(-c2ccc(Cl)cc2)c(=O)n1C. The molecule has 1 atom stereocenters. The molecule has 1 fully saturated rings. The lowest BCUT2D eigenvalue weighted by Crippen LogP contribution is -2.43. The number of aromatic nitrogens is 3. The summed E-state index contributed by atoms with van der Waals surface area (Å²) >= 11 is 6.09. The Labute approximate surface area is 187 Å². The summed E-state index contributed by atoms with van der Waals surface area (Å²) in [4.78, 5) is 25.1. The molecular weight excluding hydrogens is 410 g/mol. The summed E-state index contributed by atoms with van der Waals surface area (Å²) in [6, 6.07) is 11.9. The first-order chi connectivity index (χ1) is 15.0. The van der Waals surface area contributed by atoms with Crippen molar-refractivity contribution in [3.05, 3.63) is 64.2 Å². The molecule has 3 aromatic rings. The molecule has 162 valence electrons. The van der Waals surface area contributed by atoms with Gasteiger partial charge in [0.2, 0.25) is 5.95 Å². The minimum atomic E-state index is -0.0680. The van der Waals surface area contributed by atoms with Crippen molar-refractivity contribution in [1.29, 1.82) is 0 Å². The van der Waals surface area contributed by atoms with Crippen LogP contribution in [-0.2, 0) is 7.05 Å². The Kier molecular flexibility index (Phi) is 6.39. The summed E-state index contributed by atoms with van der Waals surface area (Å²) < 4.78 is 1.68. The van der Waals surface area contributed by atoms with E-state index in [-0.39, 0.29) is 5.56 Å². The number of hydrogen-bond acceptors (Lipinski definition) is 5. The molecule has 3 heterocycles. The number of rotatable bonds is 6. The predicted octanol–water partition coefficient (Wildman–Crippen LogP) is 4.13. The molecule has 2 aromatic heterocycles. The Morgan fingerprint density at radius 3 is 2.52 bits per heavy atom. The fraction of sp³-hybridized carbons (Fsp3) is 0.375. The van der Waals surface area contributed by atoms with E-state index in [9.17, 15) is 4.79 Å². The highest BCUT2D eigenvalue weighted by atomic mass is 35.5. The summed E-state index contributed by atoms with van der Waals surface area (Å²) in [5, 5.41) is 4.17.